The van der Waals surface area contributed by atoms with Gasteiger partial charge in [0.2, 0.25) is 0 Å². The van der Waals surface area contributed by atoms with Gasteiger partial charge in [0, 0.05) is 12.6 Å². The Morgan fingerprint density at radius 2 is 2.00 bits per heavy atom. The van der Waals surface area contributed by atoms with Crippen molar-refractivity contribution in [3.05, 3.63) is 41.5 Å². The first-order valence-corrected chi connectivity index (χ1v) is 5.68. The molecular weight excluding hydrogens is 182 g/mol. The highest BCUT2D eigenvalue weighted by Gasteiger charge is 1.96. The third-order valence-electron chi connectivity index (χ3n) is 2.55. The van der Waals surface area contributed by atoms with E-state index in [1.807, 2.05) is 6.07 Å². The molecule has 0 aromatic heterocycles. The average Bonchev–Trinajstić information content (AvgIpc) is 2.27. The number of hydrogen-bond acceptors (Lipinski definition) is 1. The maximum absolute atomic E-state index is 3.48. The molecule has 1 unspecified atom stereocenters. The Kier molecular flexibility index (Phi) is 5.13. The Morgan fingerprint density at radius 1 is 1.33 bits per heavy atom. The van der Waals surface area contributed by atoms with E-state index < -0.39 is 0 Å². The van der Waals surface area contributed by atoms with Crippen LogP contribution in [0.3, 0.4) is 0 Å². The van der Waals surface area contributed by atoms with Gasteiger partial charge < -0.3 is 5.32 Å². The quantitative estimate of drug-likeness (QED) is 0.772. The van der Waals surface area contributed by atoms with E-state index in [4.69, 9.17) is 0 Å². The van der Waals surface area contributed by atoms with Crippen molar-refractivity contribution in [1.82, 2.24) is 5.32 Å². The summed E-state index contributed by atoms with van der Waals surface area (Å²) in [7, 11) is 0. The summed E-state index contributed by atoms with van der Waals surface area (Å²) in [5.41, 5.74) is 2.66. The summed E-state index contributed by atoms with van der Waals surface area (Å²) >= 11 is 0. The van der Waals surface area contributed by atoms with E-state index in [9.17, 15) is 0 Å². The van der Waals surface area contributed by atoms with Gasteiger partial charge in [-0.2, -0.15) is 0 Å². The van der Waals surface area contributed by atoms with Crippen LogP contribution >= 0.6 is 0 Å². The molecule has 0 aliphatic carbocycles. The molecule has 0 spiro atoms. The van der Waals surface area contributed by atoms with Crippen molar-refractivity contribution in [3.8, 4) is 0 Å². The fourth-order valence-electron chi connectivity index (χ4n) is 1.36. The molecule has 0 saturated heterocycles. The predicted octanol–water partition coefficient (Wildman–Crippen LogP) is 3.48. The molecule has 1 atom stereocenters. The molecule has 1 nitrogen and oxygen atoms in total. The number of nitrogens with one attached hydrogen (secondary N) is 1. The maximum Gasteiger partial charge on any atom is 0.0167 e. The largest absolute Gasteiger partial charge is 0.311 e. The van der Waals surface area contributed by atoms with E-state index in [0.29, 0.717) is 6.04 Å². The molecule has 1 aromatic carbocycles. The van der Waals surface area contributed by atoms with Crippen molar-refractivity contribution in [3.63, 3.8) is 0 Å². The van der Waals surface area contributed by atoms with Crippen molar-refractivity contribution < 1.29 is 0 Å². The van der Waals surface area contributed by atoms with E-state index in [1.165, 1.54) is 17.6 Å². The second kappa shape index (κ2) is 6.41. The first kappa shape index (κ1) is 12.0. The molecule has 0 heterocycles. The van der Waals surface area contributed by atoms with Gasteiger partial charge in [-0.05, 0) is 25.8 Å². The van der Waals surface area contributed by atoms with Crippen LogP contribution in [0.15, 0.2) is 35.9 Å². The maximum atomic E-state index is 3.48. The topological polar surface area (TPSA) is 12.0 Å². The molecule has 0 radical (unpaired) electrons. The summed E-state index contributed by atoms with van der Waals surface area (Å²) in [5.74, 6) is 0. The average molecular weight is 203 g/mol. The van der Waals surface area contributed by atoms with E-state index >= 15 is 0 Å². The molecule has 1 N–H and O–H groups in total. The van der Waals surface area contributed by atoms with Gasteiger partial charge in [0.05, 0.1) is 0 Å². The highest BCUT2D eigenvalue weighted by Crippen LogP contribution is 2.05. The van der Waals surface area contributed by atoms with Crippen LogP contribution in [0.4, 0.5) is 0 Å². The molecule has 0 amide bonds. The first-order chi connectivity index (χ1) is 7.22. The highest BCUT2D eigenvalue weighted by molar-refractivity contribution is 5.52. The Labute approximate surface area is 93.2 Å². The van der Waals surface area contributed by atoms with Crippen LogP contribution in [0, 0.1) is 0 Å². The van der Waals surface area contributed by atoms with Gasteiger partial charge in [-0.1, -0.05) is 48.9 Å². The van der Waals surface area contributed by atoms with E-state index in [1.54, 1.807) is 0 Å². The van der Waals surface area contributed by atoms with Gasteiger partial charge in [-0.3, -0.25) is 0 Å². The van der Waals surface area contributed by atoms with Crippen molar-refractivity contribution in [2.45, 2.75) is 33.2 Å². The molecule has 1 rings (SSSR count). The normalized spacial score (nSPS) is 13.9. The molecule has 0 bridgehead atoms. The lowest BCUT2D eigenvalue weighted by Gasteiger charge is -2.11. The molecule has 1 aromatic rings. The molecule has 0 fully saturated rings. The number of benzene rings is 1. The summed E-state index contributed by atoms with van der Waals surface area (Å²) in [6, 6.07) is 11.1. The standard InChI is InChI=1S/C14H21N/c1-4-13(3)15-11-12(2)10-14-8-6-5-7-9-14/h5-10,13,15H,4,11H2,1-3H3. The Balaban J connectivity index is 2.46. The summed E-state index contributed by atoms with van der Waals surface area (Å²) in [6.07, 6.45) is 3.41. The fourth-order valence-corrected chi connectivity index (χ4v) is 1.36. The van der Waals surface area contributed by atoms with Crippen LogP contribution in [0.25, 0.3) is 6.08 Å². The summed E-state index contributed by atoms with van der Waals surface area (Å²) in [6.45, 7) is 7.57. The van der Waals surface area contributed by atoms with Crippen molar-refractivity contribution >= 4 is 6.08 Å². The van der Waals surface area contributed by atoms with Crippen LogP contribution in [0.2, 0.25) is 0 Å². The summed E-state index contributed by atoms with van der Waals surface area (Å²) in [4.78, 5) is 0. The molecule has 0 saturated carbocycles. The minimum Gasteiger partial charge on any atom is -0.311 e. The van der Waals surface area contributed by atoms with Gasteiger partial charge in [0.1, 0.15) is 0 Å². The second-order valence-electron chi connectivity index (χ2n) is 4.09. The highest BCUT2D eigenvalue weighted by atomic mass is 14.9. The summed E-state index contributed by atoms with van der Waals surface area (Å²) < 4.78 is 0. The molecule has 0 aliphatic rings. The lowest BCUT2D eigenvalue weighted by Crippen LogP contribution is -2.26. The van der Waals surface area contributed by atoms with Gasteiger partial charge in [0.15, 0.2) is 0 Å². The minimum absolute atomic E-state index is 0.601. The van der Waals surface area contributed by atoms with Crippen LogP contribution in [-0.4, -0.2) is 12.6 Å². The molecule has 0 aliphatic heterocycles. The molecular formula is C14H21N. The Bertz CT molecular complexity index is 300. The zero-order chi connectivity index (χ0) is 11.1. The third-order valence-corrected chi connectivity index (χ3v) is 2.55. The summed E-state index contributed by atoms with van der Waals surface area (Å²) in [5, 5.41) is 3.48. The Hall–Kier alpha value is -1.08. The minimum atomic E-state index is 0.601. The van der Waals surface area contributed by atoms with Crippen molar-refractivity contribution in [2.24, 2.45) is 0 Å². The van der Waals surface area contributed by atoms with Gasteiger partial charge in [-0.25, -0.2) is 0 Å². The van der Waals surface area contributed by atoms with Crippen LogP contribution in [0.1, 0.15) is 32.8 Å². The molecule has 82 valence electrons. The van der Waals surface area contributed by atoms with E-state index in [2.05, 4.69) is 56.4 Å². The zero-order valence-corrected chi connectivity index (χ0v) is 9.96. The van der Waals surface area contributed by atoms with Crippen LogP contribution in [0.5, 0.6) is 0 Å². The molecule has 15 heavy (non-hydrogen) atoms. The van der Waals surface area contributed by atoms with E-state index in [0.717, 1.165) is 6.54 Å². The SMILES string of the molecule is CCC(C)NCC(C)=Cc1ccccc1. The second-order valence-corrected chi connectivity index (χ2v) is 4.09. The van der Waals surface area contributed by atoms with Crippen molar-refractivity contribution in [2.75, 3.05) is 6.54 Å². The fraction of sp³-hybridized carbons (Fsp3) is 0.429. The lowest BCUT2D eigenvalue weighted by molar-refractivity contribution is 0.560. The molecule has 1 heteroatoms. The predicted molar refractivity (Wildman–Crippen MR) is 67.8 cm³/mol. The zero-order valence-electron chi connectivity index (χ0n) is 9.96. The third kappa shape index (κ3) is 4.80. The van der Waals surface area contributed by atoms with Gasteiger partial charge in [-0.15, -0.1) is 0 Å². The first-order valence-electron chi connectivity index (χ1n) is 5.68. The van der Waals surface area contributed by atoms with E-state index in [-0.39, 0.29) is 0 Å². The van der Waals surface area contributed by atoms with Gasteiger partial charge in [0.25, 0.3) is 0 Å². The number of rotatable bonds is 5. The monoisotopic (exact) mass is 203 g/mol. The van der Waals surface area contributed by atoms with Crippen LogP contribution < -0.4 is 5.32 Å². The number of hydrogen-bond donors (Lipinski definition) is 1. The Morgan fingerprint density at radius 3 is 2.60 bits per heavy atom. The van der Waals surface area contributed by atoms with Crippen molar-refractivity contribution in [1.29, 1.82) is 0 Å². The van der Waals surface area contributed by atoms with Crippen LogP contribution in [-0.2, 0) is 0 Å². The smallest absolute Gasteiger partial charge is 0.0167 e. The lowest BCUT2D eigenvalue weighted by atomic mass is 10.1. The van der Waals surface area contributed by atoms with Gasteiger partial charge >= 0.3 is 0 Å².